The first-order chi connectivity index (χ1) is 10.1. The average Bonchev–Trinajstić information content (AvgIpc) is 2.75. The van der Waals surface area contributed by atoms with E-state index in [4.69, 9.17) is 16.3 Å². The first-order valence-electron chi connectivity index (χ1n) is 6.29. The number of anilines is 2. The molecule has 1 heterocycles. The van der Waals surface area contributed by atoms with Crippen LogP contribution >= 0.6 is 11.6 Å². The van der Waals surface area contributed by atoms with Gasteiger partial charge in [-0.25, -0.2) is 4.39 Å². The van der Waals surface area contributed by atoms with Crippen molar-refractivity contribution in [2.24, 2.45) is 0 Å². The number of ether oxygens (including phenoxy) is 1. The fourth-order valence-corrected chi connectivity index (χ4v) is 2.56. The molecule has 0 saturated carbocycles. The van der Waals surface area contributed by atoms with E-state index in [1.54, 1.807) is 24.3 Å². The Morgan fingerprint density at radius 1 is 1.29 bits per heavy atom. The molecular weight excluding hydrogens is 295 g/mol. The molecule has 3 rings (SSSR count). The molecule has 2 aromatic carbocycles. The molecule has 21 heavy (non-hydrogen) atoms. The van der Waals surface area contributed by atoms with E-state index >= 15 is 0 Å². The highest BCUT2D eigenvalue weighted by molar-refractivity contribution is 6.32. The van der Waals surface area contributed by atoms with Crippen LogP contribution in [-0.2, 0) is 4.79 Å². The topological polar surface area (TPSA) is 50.4 Å². The van der Waals surface area contributed by atoms with E-state index in [1.807, 2.05) is 0 Å². The van der Waals surface area contributed by atoms with Gasteiger partial charge in [0.1, 0.15) is 17.6 Å². The smallest absolute Gasteiger partial charge is 0.251 e. The van der Waals surface area contributed by atoms with Crippen LogP contribution in [0.25, 0.3) is 0 Å². The second-order valence-corrected chi connectivity index (χ2v) is 5.05. The lowest BCUT2D eigenvalue weighted by Crippen LogP contribution is -2.19. The van der Waals surface area contributed by atoms with Gasteiger partial charge in [-0.05, 0) is 36.4 Å². The first kappa shape index (κ1) is 13.7. The zero-order valence-corrected chi connectivity index (χ0v) is 11.9. The molecule has 0 aromatic heterocycles. The lowest BCUT2D eigenvalue weighted by atomic mass is 10.1. The minimum Gasteiger partial charge on any atom is -0.495 e. The summed E-state index contributed by atoms with van der Waals surface area (Å²) in [6.45, 7) is 0. The Morgan fingerprint density at radius 3 is 2.81 bits per heavy atom. The van der Waals surface area contributed by atoms with Crippen LogP contribution in [0.15, 0.2) is 36.4 Å². The van der Waals surface area contributed by atoms with Crippen LogP contribution in [-0.4, -0.2) is 13.0 Å². The maximum Gasteiger partial charge on any atom is 0.251 e. The summed E-state index contributed by atoms with van der Waals surface area (Å²) in [7, 11) is 1.53. The third kappa shape index (κ3) is 2.52. The van der Waals surface area contributed by atoms with E-state index in [1.165, 1.54) is 19.2 Å². The third-order valence-corrected chi connectivity index (χ3v) is 3.60. The third-order valence-electron chi connectivity index (χ3n) is 3.31. The molecule has 4 nitrogen and oxygen atoms in total. The van der Waals surface area contributed by atoms with E-state index < -0.39 is 6.04 Å². The van der Waals surface area contributed by atoms with Crippen LogP contribution in [0.4, 0.5) is 15.8 Å². The summed E-state index contributed by atoms with van der Waals surface area (Å²) >= 11 is 6.05. The van der Waals surface area contributed by atoms with Gasteiger partial charge >= 0.3 is 0 Å². The second kappa shape index (κ2) is 5.26. The first-order valence-corrected chi connectivity index (χ1v) is 6.66. The molecule has 0 aliphatic carbocycles. The zero-order valence-electron chi connectivity index (χ0n) is 11.1. The van der Waals surface area contributed by atoms with Crippen molar-refractivity contribution in [3.05, 3.63) is 52.8 Å². The van der Waals surface area contributed by atoms with E-state index in [2.05, 4.69) is 10.6 Å². The van der Waals surface area contributed by atoms with E-state index in [9.17, 15) is 9.18 Å². The summed E-state index contributed by atoms with van der Waals surface area (Å²) in [6, 6.07) is 8.65. The number of halogens is 2. The largest absolute Gasteiger partial charge is 0.495 e. The van der Waals surface area contributed by atoms with Crippen molar-refractivity contribution in [2.45, 2.75) is 6.04 Å². The van der Waals surface area contributed by atoms with Crippen molar-refractivity contribution in [2.75, 3.05) is 17.7 Å². The standard InChI is InChI=1S/C15H12ClFN2O2/c1-21-13-5-3-9(7-11(13)16)18-14-10-6-8(17)2-4-12(10)19-15(14)20/h2-7,14,18H,1H3,(H,19,20). The zero-order chi connectivity index (χ0) is 15.0. The Labute approximate surface area is 125 Å². The molecule has 0 fully saturated rings. The highest BCUT2D eigenvalue weighted by Gasteiger charge is 2.30. The highest BCUT2D eigenvalue weighted by atomic mass is 35.5. The van der Waals surface area contributed by atoms with Gasteiger partial charge in [-0.3, -0.25) is 4.79 Å². The Hall–Kier alpha value is -2.27. The van der Waals surface area contributed by atoms with Gasteiger partial charge in [0.15, 0.2) is 0 Å². The Bertz CT molecular complexity index is 721. The van der Waals surface area contributed by atoms with Crippen molar-refractivity contribution >= 4 is 28.9 Å². The number of benzene rings is 2. The van der Waals surface area contributed by atoms with Crippen molar-refractivity contribution in [3.63, 3.8) is 0 Å². The number of nitrogens with one attached hydrogen (secondary N) is 2. The molecule has 0 radical (unpaired) electrons. The summed E-state index contributed by atoms with van der Waals surface area (Å²) in [6.07, 6.45) is 0. The molecule has 108 valence electrons. The van der Waals surface area contributed by atoms with E-state index in [0.717, 1.165) is 0 Å². The predicted octanol–water partition coefficient (Wildman–Crippen LogP) is 3.59. The number of carbonyl (C=O) groups is 1. The summed E-state index contributed by atoms with van der Waals surface area (Å²) in [4.78, 5) is 12.0. The quantitative estimate of drug-likeness (QED) is 0.911. The summed E-state index contributed by atoms with van der Waals surface area (Å²) in [5.41, 5.74) is 1.84. The molecule has 1 amide bonds. The molecule has 2 aromatic rings. The minimum atomic E-state index is -0.653. The number of fused-ring (bicyclic) bond motifs is 1. The molecule has 0 spiro atoms. The van der Waals surface area contributed by atoms with Crippen LogP contribution in [0.5, 0.6) is 5.75 Å². The molecule has 1 aliphatic heterocycles. The molecule has 1 unspecified atom stereocenters. The molecule has 2 N–H and O–H groups in total. The summed E-state index contributed by atoms with van der Waals surface area (Å²) < 4.78 is 18.4. The number of rotatable bonds is 3. The molecule has 0 saturated heterocycles. The van der Waals surface area contributed by atoms with Gasteiger partial charge in [-0.1, -0.05) is 11.6 Å². The molecule has 1 aliphatic rings. The van der Waals surface area contributed by atoms with Crippen molar-refractivity contribution < 1.29 is 13.9 Å². The average molecular weight is 307 g/mol. The van der Waals surface area contributed by atoms with Crippen molar-refractivity contribution in [3.8, 4) is 5.75 Å². The van der Waals surface area contributed by atoms with Gasteiger partial charge in [-0.2, -0.15) is 0 Å². The summed E-state index contributed by atoms with van der Waals surface area (Å²) in [5.74, 6) is -0.0723. The molecule has 6 heteroatoms. The highest BCUT2D eigenvalue weighted by Crippen LogP contribution is 2.35. The lowest BCUT2D eigenvalue weighted by molar-refractivity contribution is -0.116. The van der Waals surface area contributed by atoms with E-state index in [-0.39, 0.29) is 11.7 Å². The number of methoxy groups -OCH3 is 1. The maximum absolute atomic E-state index is 13.4. The van der Waals surface area contributed by atoms with Crippen LogP contribution in [0.1, 0.15) is 11.6 Å². The van der Waals surface area contributed by atoms with Crippen LogP contribution in [0.2, 0.25) is 5.02 Å². The van der Waals surface area contributed by atoms with Gasteiger partial charge < -0.3 is 15.4 Å². The summed E-state index contributed by atoms with van der Waals surface area (Å²) in [5, 5.41) is 6.18. The fourth-order valence-electron chi connectivity index (χ4n) is 2.30. The van der Waals surface area contributed by atoms with Gasteiger partial charge in [0.25, 0.3) is 5.91 Å². The van der Waals surface area contributed by atoms with Crippen LogP contribution in [0.3, 0.4) is 0 Å². The molecular formula is C15H12ClFN2O2. The number of hydrogen-bond acceptors (Lipinski definition) is 3. The lowest BCUT2D eigenvalue weighted by Gasteiger charge is -2.14. The van der Waals surface area contributed by atoms with Gasteiger partial charge in [-0.15, -0.1) is 0 Å². The van der Waals surface area contributed by atoms with E-state index in [0.29, 0.717) is 27.7 Å². The Morgan fingerprint density at radius 2 is 2.10 bits per heavy atom. The molecule has 1 atom stereocenters. The minimum absolute atomic E-state index is 0.234. The van der Waals surface area contributed by atoms with Crippen molar-refractivity contribution in [1.82, 2.24) is 0 Å². The predicted molar refractivity (Wildman–Crippen MR) is 79.4 cm³/mol. The van der Waals surface area contributed by atoms with Gasteiger partial charge in [0.2, 0.25) is 0 Å². The maximum atomic E-state index is 13.4. The van der Waals surface area contributed by atoms with Crippen LogP contribution in [0, 0.1) is 5.82 Å². The number of amides is 1. The normalized spacial score (nSPS) is 16.3. The Kier molecular flexibility index (Phi) is 3.43. The van der Waals surface area contributed by atoms with Crippen LogP contribution < -0.4 is 15.4 Å². The SMILES string of the molecule is COc1ccc(NC2C(=O)Nc3ccc(F)cc32)cc1Cl. The number of carbonyl (C=O) groups excluding carboxylic acids is 1. The molecule has 0 bridgehead atoms. The van der Waals surface area contributed by atoms with Crippen molar-refractivity contribution in [1.29, 1.82) is 0 Å². The monoisotopic (exact) mass is 306 g/mol. The Balaban J connectivity index is 1.90. The van der Waals surface area contributed by atoms with Gasteiger partial charge in [0, 0.05) is 16.9 Å². The fraction of sp³-hybridized carbons (Fsp3) is 0.133. The van der Waals surface area contributed by atoms with Gasteiger partial charge in [0.05, 0.1) is 12.1 Å². The number of hydrogen-bond donors (Lipinski definition) is 2. The second-order valence-electron chi connectivity index (χ2n) is 4.65.